The second-order valence-electron chi connectivity index (χ2n) is 6.91. The molecule has 0 aliphatic heterocycles. The minimum absolute atomic E-state index is 0.234. The van der Waals surface area contributed by atoms with Gasteiger partial charge in [-0.3, -0.25) is 14.9 Å². The van der Waals surface area contributed by atoms with Crippen LogP contribution in [0.5, 0.6) is 0 Å². The van der Waals surface area contributed by atoms with Gasteiger partial charge in [-0.1, -0.05) is 42.5 Å². The maximum atomic E-state index is 13.0. The number of rotatable bonds is 2. The number of aromatic nitrogens is 2. The first-order valence-corrected chi connectivity index (χ1v) is 9.37. The molecule has 0 radical (unpaired) electrons. The zero-order valence-corrected chi connectivity index (χ0v) is 15.8. The van der Waals surface area contributed by atoms with Crippen molar-refractivity contribution in [3.05, 3.63) is 85.2 Å². The van der Waals surface area contributed by atoms with Crippen LogP contribution < -0.4 is 10.2 Å². The summed E-state index contributed by atoms with van der Waals surface area (Å²) in [7, 11) is 1.76. The Bertz CT molecular complexity index is 1380. The summed E-state index contributed by atoms with van der Waals surface area (Å²) >= 11 is 0. The highest BCUT2D eigenvalue weighted by atomic mass is 16.2. The van der Waals surface area contributed by atoms with Crippen molar-refractivity contribution >= 4 is 50.0 Å². The molecule has 5 nitrogen and oxygen atoms in total. The van der Waals surface area contributed by atoms with Crippen LogP contribution in [0.25, 0.3) is 32.6 Å². The van der Waals surface area contributed by atoms with E-state index < -0.39 is 0 Å². The molecule has 2 heterocycles. The van der Waals surface area contributed by atoms with Crippen molar-refractivity contribution in [3.63, 3.8) is 0 Å². The second kappa shape index (κ2) is 6.87. The molecule has 0 aliphatic carbocycles. The van der Waals surface area contributed by atoms with Crippen molar-refractivity contribution < 1.29 is 4.79 Å². The number of pyridine rings is 2. The molecule has 0 unspecified atom stereocenters. The van der Waals surface area contributed by atoms with Crippen LogP contribution >= 0.6 is 0 Å². The lowest BCUT2D eigenvalue weighted by atomic mass is 10.1. The first-order valence-electron chi connectivity index (χ1n) is 9.37. The summed E-state index contributed by atoms with van der Waals surface area (Å²) in [4.78, 5) is 23.5. The Hall–Kier alpha value is -3.99. The molecule has 0 fully saturated rings. The standard InChI is InChI=1S/C24H18N4O/c1-28(18-11-10-16-6-2-3-7-17(16)14-18)24(29)27-22-15-21-19(8-4-12-25-21)20-9-5-13-26-23(20)22/h2-15H,1H3,(H,27,29). The van der Waals surface area contributed by atoms with Crippen molar-refractivity contribution in [2.45, 2.75) is 0 Å². The fraction of sp³-hybridized carbons (Fsp3) is 0.0417. The maximum absolute atomic E-state index is 13.0. The Kier molecular flexibility index (Phi) is 4.06. The van der Waals surface area contributed by atoms with E-state index in [-0.39, 0.29) is 6.03 Å². The molecule has 3 aromatic carbocycles. The van der Waals surface area contributed by atoms with Gasteiger partial charge in [-0.05, 0) is 41.1 Å². The number of nitrogens with one attached hydrogen (secondary N) is 1. The molecule has 5 heteroatoms. The lowest BCUT2D eigenvalue weighted by molar-refractivity contribution is 0.258. The highest BCUT2D eigenvalue weighted by Gasteiger charge is 2.15. The first-order chi connectivity index (χ1) is 14.2. The van der Waals surface area contributed by atoms with Gasteiger partial charge in [-0.2, -0.15) is 0 Å². The van der Waals surface area contributed by atoms with Crippen LogP contribution in [-0.4, -0.2) is 23.0 Å². The van der Waals surface area contributed by atoms with Crippen molar-refractivity contribution in [3.8, 4) is 0 Å². The van der Waals surface area contributed by atoms with Gasteiger partial charge < -0.3 is 5.32 Å². The summed E-state index contributed by atoms with van der Waals surface area (Å²) in [6, 6.07) is 23.5. The van der Waals surface area contributed by atoms with Gasteiger partial charge >= 0.3 is 6.03 Å². The largest absolute Gasteiger partial charge is 0.326 e. The van der Waals surface area contributed by atoms with E-state index in [4.69, 9.17) is 0 Å². The van der Waals surface area contributed by atoms with Gasteiger partial charge in [0.2, 0.25) is 0 Å². The average Bonchev–Trinajstić information content (AvgIpc) is 2.78. The van der Waals surface area contributed by atoms with Crippen molar-refractivity contribution in [1.29, 1.82) is 0 Å². The molecule has 29 heavy (non-hydrogen) atoms. The number of carbonyl (C=O) groups is 1. The van der Waals surface area contributed by atoms with Crippen LogP contribution in [0.15, 0.2) is 85.2 Å². The summed E-state index contributed by atoms with van der Waals surface area (Å²) in [5.74, 6) is 0. The molecule has 0 aliphatic rings. The van der Waals surface area contributed by atoms with Crippen LogP contribution in [0, 0.1) is 0 Å². The van der Waals surface area contributed by atoms with E-state index in [1.165, 1.54) is 0 Å². The number of hydrogen-bond acceptors (Lipinski definition) is 3. The Morgan fingerprint density at radius 2 is 1.59 bits per heavy atom. The summed E-state index contributed by atoms with van der Waals surface area (Å²) in [6.07, 6.45) is 3.48. The number of hydrogen-bond donors (Lipinski definition) is 1. The van der Waals surface area contributed by atoms with E-state index in [1.807, 2.05) is 66.7 Å². The minimum Gasteiger partial charge on any atom is -0.305 e. The van der Waals surface area contributed by atoms with Gasteiger partial charge in [0, 0.05) is 35.9 Å². The third-order valence-corrected chi connectivity index (χ3v) is 5.14. The number of amides is 2. The number of nitrogens with zero attached hydrogens (tertiary/aromatic N) is 3. The molecule has 1 N–H and O–H groups in total. The molecule has 5 aromatic rings. The maximum Gasteiger partial charge on any atom is 0.326 e. The lowest BCUT2D eigenvalue weighted by Gasteiger charge is -2.19. The van der Waals surface area contributed by atoms with Gasteiger partial charge in [0.1, 0.15) is 0 Å². The molecule has 0 atom stereocenters. The highest BCUT2D eigenvalue weighted by molar-refractivity contribution is 6.14. The molecule has 0 spiro atoms. The highest BCUT2D eigenvalue weighted by Crippen LogP contribution is 2.30. The van der Waals surface area contributed by atoms with Crippen LogP contribution in [0.3, 0.4) is 0 Å². The van der Waals surface area contributed by atoms with E-state index in [0.717, 1.165) is 38.3 Å². The summed E-state index contributed by atoms with van der Waals surface area (Å²) in [5.41, 5.74) is 3.02. The molecule has 140 valence electrons. The van der Waals surface area contributed by atoms with Crippen LogP contribution in [-0.2, 0) is 0 Å². The van der Waals surface area contributed by atoms with Crippen molar-refractivity contribution in [1.82, 2.24) is 9.97 Å². The first kappa shape index (κ1) is 17.1. The molecule has 0 saturated heterocycles. The quantitative estimate of drug-likeness (QED) is 0.407. The topological polar surface area (TPSA) is 58.1 Å². The summed E-state index contributed by atoms with van der Waals surface area (Å²) in [5, 5.41) is 7.21. The van der Waals surface area contributed by atoms with Gasteiger partial charge in [0.05, 0.1) is 16.7 Å². The molecule has 2 amide bonds. The molecule has 2 aromatic heterocycles. The average molecular weight is 378 g/mol. The monoisotopic (exact) mass is 378 g/mol. The smallest absolute Gasteiger partial charge is 0.305 e. The Morgan fingerprint density at radius 3 is 2.45 bits per heavy atom. The predicted octanol–water partition coefficient (Wildman–Crippen LogP) is 5.60. The van der Waals surface area contributed by atoms with Crippen LogP contribution in [0.1, 0.15) is 0 Å². The predicted molar refractivity (Wildman–Crippen MR) is 118 cm³/mol. The number of urea groups is 1. The van der Waals surface area contributed by atoms with Crippen molar-refractivity contribution in [2.24, 2.45) is 0 Å². The third-order valence-electron chi connectivity index (χ3n) is 5.14. The SMILES string of the molecule is CN(C(=O)Nc1cc2ncccc2c2cccnc12)c1ccc2ccccc2c1. The number of carbonyl (C=O) groups excluding carboxylic acids is 1. The molecule has 0 saturated carbocycles. The summed E-state index contributed by atoms with van der Waals surface area (Å²) in [6.45, 7) is 0. The lowest BCUT2D eigenvalue weighted by Crippen LogP contribution is -2.31. The second-order valence-corrected chi connectivity index (χ2v) is 6.91. The fourth-order valence-corrected chi connectivity index (χ4v) is 3.60. The van der Waals surface area contributed by atoms with Crippen LogP contribution in [0.2, 0.25) is 0 Å². The van der Waals surface area contributed by atoms with Crippen LogP contribution in [0.4, 0.5) is 16.2 Å². The molecule has 0 bridgehead atoms. The molecular formula is C24H18N4O. The molecular weight excluding hydrogens is 360 g/mol. The van der Waals surface area contributed by atoms with E-state index >= 15 is 0 Å². The normalized spacial score (nSPS) is 11.1. The third kappa shape index (κ3) is 3.02. The number of benzene rings is 3. The van der Waals surface area contributed by atoms with E-state index in [1.54, 1.807) is 24.3 Å². The number of fused-ring (bicyclic) bond motifs is 4. The van der Waals surface area contributed by atoms with E-state index in [9.17, 15) is 4.79 Å². The molecule has 5 rings (SSSR count). The van der Waals surface area contributed by atoms with Gasteiger partial charge in [0.15, 0.2) is 0 Å². The Balaban J connectivity index is 1.53. The fourth-order valence-electron chi connectivity index (χ4n) is 3.60. The van der Waals surface area contributed by atoms with E-state index in [2.05, 4.69) is 21.4 Å². The Labute approximate surface area is 167 Å². The summed E-state index contributed by atoms with van der Waals surface area (Å²) < 4.78 is 0. The van der Waals surface area contributed by atoms with Gasteiger partial charge in [0.25, 0.3) is 0 Å². The Morgan fingerprint density at radius 1 is 0.828 bits per heavy atom. The van der Waals surface area contributed by atoms with Gasteiger partial charge in [-0.25, -0.2) is 4.79 Å². The zero-order chi connectivity index (χ0) is 19.8. The zero-order valence-electron chi connectivity index (χ0n) is 15.8. The number of anilines is 2. The van der Waals surface area contributed by atoms with E-state index in [0.29, 0.717) is 5.69 Å². The minimum atomic E-state index is -0.234. The van der Waals surface area contributed by atoms with Gasteiger partial charge in [-0.15, -0.1) is 0 Å². The van der Waals surface area contributed by atoms with Crippen molar-refractivity contribution in [2.75, 3.05) is 17.3 Å².